The highest BCUT2D eigenvalue weighted by atomic mass is 14.3. The maximum absolute atomic E-state index is 2.32. The minimum Gasteiger partial charge on any atom is -0.0622 e. The summed E-state index contributed by atoms with van der Waals surface area (Å²) >= 11 is 0. The quantitative estimate of drug-likeness (QED) is 0.160. The van der Waals surface area contributed by atoms with Crippen molar-refractivity contribution in [1.82, 2.24) is 0 Å². The molecule has 0 fully saturated rings. The summed E-state index contributed by atoms with van der Waals surface area (Å²) in [6.07, 6.45) is 0. The monoisotopic (exact) mass is 634 g/mol. The van der Waals surface area contributed by atoms with Crippen LogP contribution in [0, 0.1) is 0 Å². The SMILES string of the molecule is c1ccc(-c2cccc(-c3ccccc3)c2-c2c3ccccc3c(-c3c(-c4ccccc4)cccc3-c3ccccc3)c3ccccc23)cc1. The van der Waals surface area contributed by atoms with E-state index >= 15 is 0 Å². The van der Waals surface area contributed by atoms with Gasteiger partial charge in [-0.1, -0.05) is 206 Å². The van der Waals surface area contributed by atoms with Crippen LogP contribution in [-0.4, -0.2) is 0 Å². The minimum atomic E-state index is 1.21. The molecular formula is C50H34. The van der Waals surface area contributed by atoms with Crippen LogP contribution in [0.2, 0.25) is 0 Å². The molecule has 0 heterocycles. The van der Waals surface area contributed by atoms with Crippen molar-refractivity contribution >= 4 is 21.5 Å². The third kappa shape index (κ3) is 5.10. The van der Waals surface area contributed by atoms with Gasteiger partial charge in [-0.3, -0.25) is 0 Å². The standard InChI is InChI=1S/C50H34/c1-5-19-35(20-6-1)39-31-17-32-40(36-21-7-2-8-22-36)47(39)49-43-27-13-15-29-45(43)50(46-30-16-14-28-44(46)49)48-41(37-23-9-3-10-24-37)33-18-34-42(48)38-25-11-4-12-26-38/h1-34H. The van der Waals surface area contributed by atoms with E-state index in [2.05, 4.69) is 206 Å². The van der Waals surface area contributed by atoms with Gasteiger partial charge in [-0.2, -0.15) is 0 Å². The summed E-state index contributed by atoms with van der Waals surface area (Å²) in [4.78, 5) is 0. The first kappa shape index (κ1) is 29.6. The molecule has 0 saturated heterocycles. The second-order valence-corrected chi connectivity index (χ2v) is 12.8. The zero-order valence-electron chi connectivity index (χ0n) is 27.6. The van der Waals surface area contributed by atoms with Gasteiger partial charge in [-0.05, 0) is 88.3 Å². The van der Waals surface area contributed by atoms with Crippen molar-refractivity contribution in [3.63, 3.8) is 0 Å². The smallest absolute Gasteiger partial charge is 0.00139 e. The maximum atomic E-state index is 2.32. The molecule has 0 aliphatic rings. The van der Waals surface area contributed by atoms with Gasteiger partial charge in [-0.15, -0.1) is 0 Å². The summed E-state index contributed by atoms with van der Waals surface area (Å²) < 4.78 is 0. The number of fused-ring (bicyclic) bond motifs is 2. The van der Waals surface area contributed by atoms with Gasteiger partial charge in [0.1, 0.15) is 0 Å². The van der Waals surface area contributed by atoms with Crippen molar-refractivity contribution < 1.29 is 0 Å². The number of hydrogen-bond donors (Lipinski definition) is 0. The molecule has 0 bridgehead atoms. The summed E-state index contributed by atoms with van der Waals surface area (Å²) in [5.41, 5.74) is 14.8. The lowest BCUT2D eigenvalue weighted by molar-refractivity contribution is 1.57. The topological polar surface area (TPSA) is 0 Å². The van der Waals surface area contributed by atoms with Crippen molar-refractivity contribution in [3.8, 4) is 66.8 Å². The average molecular weight is 635 g/mol. The second-order valence-electron chi connectivity index (χ2n) is 12.8. The van der Waals surface area contributed by atoms with Crippen LogP contribution >= 0.6 is 0 Å². The van der Waals surface area contributed by atoms with Crippen LogP contribution in [0.4, 0.5) is 0 Å². The molecule has 0 nitrogen and oxygen atoms in total. The van der Waals surface area contributed by atoms with Crippen molar-refractivity contribution in [2.75, 3.05) is 0 Å². The van der Waals surface area contributed by atoms with E-state index in [0.717, 1.165) is 0 Å². The van der Waals surface area contributed by atoms with Gasteiger partial charge in [0.2, 0.25) is 0 Å². The van der Waals surface area contributed by atoms with Crippen molar-refractivity contribution in [3.05, 3.63) is 206 Å². The van der Waals surface area contributed by atoms with Gasteiger partial charge >= 0.3 is 0 Å². The van der Waals surface area contributed by atoms with E-state index < -0.39 is 0 Å². The molecule has 0 unspecified atom stereocenters. The molecule has 50 heavy (non-hydrogen) atoms. The Morgan fingerprint density at radius 2 is 0.380 bits per heavy atom. The molecule has 0 aliphatic carbocycles. The highest BCUT2D eigenvalue weighted by Crippen LogP contribution is 2.52. The van der Waals surface area contributed by atoms with Crippen molar-refractivity contribution in [2.24, 2.45) is 0 Å². The molecule has 0 aliphatic heterocycles. The molecule has 0 N–H and O–H groups in total. The lowest BCUT2D eigenvalue weighted by atomic mass is 9.78. The van der Waals surface area contributed by atoms with Crippen LogP contribution in [0.5, 0.6) is 0 Å². The average Bonchev–Trinajstić information content (AvgIpc) is 3.21. The summed E-state index contributed by atoms with van der Waals surface area (Å²) in [7, 11) is 0. The zero-order chi connectivity index (χ0) is 33.3. The maximum Gasteiger partial charge on any atom is -0.00139 e. The normalized spacial score (nSPS) is 11.2. The first-order valence-electron chi connectivity index (χ1n) is 17.3. The van der Waals surface area contributed by atoms with Gasteiger partial charge in [-0.25, -0.2) is 0 Å². The summed E-state index contributed by atoms with van der Waals surface area (Å²) in [6, 6.07) is 74.9. The Hall–Kier alpha value is -6.50. The van der Waals surface area contributed by atoms with Crippen LogP contribution in [0.1, 0.15) is 0 Å². The summed E-state index contributed by atoms with van der Waals surface area (Å²) in [5.74, 6) is 0. The zero-order valence-corrected chi connectivity index (χ0v) is 27.6. The van der Waals surface area contributed by atoms with E-state index in [1.165, 1.54) is 88.3 Å². The lowest BCUT2D eigenvalue weighted by Gasteiger charge is -2.24. The van der Waals surface area contributed by atoms with Gasteiger partial charge in [0.15, 0.2) is 0 Å². The van der Waals surface area contributed by atoms with E-state index in [1.54, 1.807) is 0 Å². The number of hydrogen-bond acceptors (Lipinski definition) is 0. The molecule has 0 amide bonds. The Morgan fingerprint density at radius 3 is 0.620 bits per heavy atom. The molecule has 0 atom stereocenters. The Labute approximate surface area is 293 Å². The molecule has 9 rings (SSSR count). The largest absolute Gasteiger partial charge is 0.0622 e. The molecule has 234 valence electrons. The predicted octanol–water partition coefficient (Wildman–Crippen LogP) is 14.0. The first-order chi connectivity index (χ1) is 24.9. The van der Waals surface area contributed by atoms with E-state index in [9.17, 15) is 0 Å². The number of rotatable bonds is 6. The highest BCUT2D eigenvalue weighted by molar-refractivity contribution is 6.25. The fourth-order valence-corrected chi connectivity index (χ4v) is 7.74. The lowest BCUT2D eigenvalue weighted by Crippen LogP contribution is -1.97. The van der Waals surface area contributed by atoms with Crippen molar-refractivity contribution in [1.29, 1.82) is 0 Å². The number of benzene rings is 9. The molecule has 0 heteroatoms. The van der Waals surface area contributed by atoms with Gasteiger partial charge in [0.25, 0.3) is 0 Å². The third-order valence-corrected chi connectivity index (χ3v) is 9.90. The molecule has 0 saturated carbocycles. The van der Waals surface area contributed by atoms with Gasteiger partial charge < -0.3 is 0 Å². The van der Waals surface area contributed by atoms with Crippen LogP contribution in [0.3, 0.4) is 0 Å². The Morgan fingerprint density at radius 1 is 0.160 bits per heavy atom. The molecule has 9 aromatic carbocycles. The summed E-state index contributed by atoms with van der Waals surface area (Å²) in [5, 5.41) is 4.96. The van der Waals surface area contributed by atoms with Gasteiger partial charge in [0, 0.05) is 0 Å². The van der Waals surface area contributed by atoms with E-state index in [0.29, 0.717) is 0 Å². The minimum absolute atomic E-state index is 1.21. The van der Waals surface area contributed by atoms with Crippen LogP contribution < -0.4 is 0 Å². The predicted molar refractivity (Wildman–Crippen MR) is 214 cm³/mol. The molecule has 0 aromatic heterocycles. The molecule has 9 aromatic rings. The van der Waals surface area contributed by atoms with E-state index in [-0.39, 0.29) is 0 Å². The van der Waals surface area contributed by atoms with E-state index in [1.807, 2.05) is 0 Å². The van der Waals surface area contributed by atoms with Crippen LogP contribution in [0.25, 0.3) is 88.3 Å². The fourth-order valence-electron chi connectivity index (χ4n) is 7.74. The summed E-state index contributed by atoms with van der Waals surface area (Å²) in [6.45, 7) is 0. The highest BCUT2D eigenvalue weighted by Gasteiger charge is 2.24. The fraction of sp³-hybridized carbons (Fsp3) is 0. The Kier molecular flexibility index (Phi) is 7.61. The van der Waals surface area contributed by atoms with Gasteiger partial charge in [0.05, 0.1) is 0 Å². The second kappa shape index (κ2) is 12.8. The Bertz CT molecular complexity index is 2240. The van der Waals surface area contributed by atoms with Crippen LogP contribution in [0.15, 0.2) is 206 Å². The molecule has 0 spiro atoms. The first-order valence-corrected chi connectivity index (χ1v) is 17.3. The van der Waals surface area contributed by atoms with Crippen LogP contribution in [-0.2, 0) is 0 Å². The third-order valence-electron chi connectivity index (χ3n) is 9.90. The molecular weight excluding hydrogens is 601 g/mol. The van der Waals surface area contributed by atoms with Crippen molar-refractivity contribution in [2.45, 2.75) is 0 Å². The Balaban J connectivity index is 1.47. The van der Waals surface area contributed by atoms with E-state index in [4.69, 9.17) is 0 Å². The molecule has 0 radical (unpaired) electrons.